The standard InChI is InChI=1S/C15H12ClN3OS/c1-19-7-3-6-12(19)9-13-14(20)18-15(21-13)17-11-5-2-4-10(16)8-11/h2-9H,1H3,(H,17,18,20)/b13-9+. The number of amides is 1. The van der Waals surface area contributed by atoms with Gasteiger partial charge in [-0.1, -0.05) is 17.7 Å². The first-order valence-electron chi connectivity index (χ1n) is 6.28. The molecule has 1 aromatic carbocycles. The third-order valence-electron chi connectivity index (χ3n) is 2.95. The molecule has 0 aliphatic carbocycles. The van der Waals surface area contributed by atoms with Crippen molar-refractivity contribution in [2.75, 3.05) is 0 Å². The van der Waals surface area contributed by atoms with E-state index in [4.69, 9.17) is 11.6 Å². The quantitative estimate of drug-likeness (QED) is 0.861. The van der Waals surface area contributed by atoms with Crippen LogP contribution in [0.15, 0.2) is 52.5 Å². The SMILES string of the molecule is Cn1cccc1/C=C1/SC(=Nc2cccc(Cl)c2)NC1=O. The number of aliphatic imine (C=N–C) groups is 1. The van der Waals surface area contributed by atoms with Gasteiger partial charge in [0, 0.05) is 24.0 Å². The number of amidine groups is 1. The van der Waals surface area contributed by atoms with E-state index >= 15 is 0 Å². The first-order chi connectivity index (χ1) is 10.1. The van der Waals surface area contributed by atoms with Gasteiger partial charge < -0.3 is 9.88 Å². The predicted molar refractivity (Wildman–Crippen MR) is 87.7 cm³/mol. The van der Waals surface area contributed by atoms with Crippen LogP contribution < -0.4 is 5.32 Å². The van der Waals surface area contributed by atoms with Gasteiger partial charge in [0.1, 0.15) is 0 Å². The van der Waals surface area contributed by atoms with Gasteiger partial charge in [-0.2, -0.15) is 0 Å². The van der Waals surface area contributed by atoms with Crippen LogP contribution in [-0.2, 0) is 11.8 Å². The molecule has 21 heavy (non-hydrogen) atoms. The molecule has 1 aliphatic rings. The third kappa shape index (κ3) is 3.20. The Morgan fingerprint density at radius 1 is 1.33 bits per heavy atom. The highest BCUT2D eigenvalue weighted by molar-refractivity contribution is 8.18. The molecule has 2 heterocycles. The minimum absolute atomic E-state index is 0.137. The molecule has 1 N–H and O–H groups in total. The maximum atomic E-state index is 12.0. The smallest absolute Gasteiger partial charge is 0.264 e. The Hall–Kier alpha value is -1.98. The molecule has 0 saturated carbocycles. The van der Waals surface area contributed by atoms with Crippen LogP contribution in [0.5, 0.6) is 0 Å². The first kappa shape index (κ1) is 14.0. The van der Waals surface area contributed by atoms with Crippen molar-refractivity contribution in [1.82, 2.24) is 9.88 Å². The average Bonchev–Trinajstić information content (AvgIpc) is 2.98. The number of aryl methyl sites for hydroxylation is 1. The molecule has 4 nitrogen and oxygen atoms in total. The summed E-state index contributed by atoms with van der Waals surface area (Å²) in [5.74, 6) is -0.137. The van der Waals surface area contributed by atoms with Crippen LogP contribution in [0.2, 0.25) is 5.02 Å². The molecule has 0 spiro atoms. The van der Waals surface area contributed by atoms with Crippen molar-refractivity contribution in [3.63, 3.8) is 0 Å². The zero-order valence-corrected chi connectivity index (χ0v) is 12.8. The van der Waals surface area contributed by atoms with Crippen LogP contribution in [0.4, 0.5) is 5.69 Å². The number of benzene rings is 1. The van der Waals surface area contributed by atoms with Crippen LogP contribution in [0, 0.1) is 0 Å². The molecule has 3 rings (SSSR count). The van der Waals surface area contributed by atoms with Crippen LogP contribution in [0.1, 0.15) is 5.69 Å². The maximum absolute atomic E-state index is 12.0. The second-order valence-electron chi connectivity index (χ2n) is 4.51. The summed E-state index contributed by atoms with van der Waals surface area (Å²) in [5, 5.41) is 3.93. The molecular weight excluding hydrogens is 306 g/mol. The Balaban J connectivity index is 1.85. The summed E-state index contributed by atoms with van der Waals surface area (Å²) in [5.41, 5.74) is 1.68. The highest BCUT2D eigenvalue weighted by atomic mass is 35.5. The van der Waals surface area contributed by atoms with Crippen LogP contribution >= 0.6 is 23.4 Å². The van der Waals surface area contributed by atoms with Crippen molar-refractivity contribution < 1.29 is 4.79 Å². The molecule has 1 aliphatic heterocycles. The fourth-order valence-electron chi connectivity index (χ4n) is 1.90. The van der Waals surface area contributed by atoms with Gasteiger partial charge in [0.2, 0.25) is 0 Å². The van der Waals surface area contributed by atoms with Crippen molar-refractivity contribution >= 4 is 46.2 Å². The Bertz CT molecular complexity index is 764. The number of hydrogen-bond donors (Lipinski definition) is 1. The van der Waals surface area contributed by atoms with E-state index in [0.717, 1.165) is 5.69 Å². The van der Waals surface area contributed by atoms with Gasteiger partial charge in [-0.3, -0.25) is 4.79 Å². The number of aromatic nitrogens is 1. The molecule has 0 atom stereocenters. The van der Waals surface area contributed by atoms with E-state index in [-0.39, 0.29) is 5.91 Å². The van der Waals surface area contributed by atoms with Crippen LogP contribution in [0.25, 0.3) is 6.08 Å². The van der Waals surface area contributed by atoms with E-state index in [1.807, 2.05) is 48.2 Å². The molecule has 0 unspecified atom stereocenters. The van der Waals surface area contributed by atoms with Crippen molar-refractivity contribution in [2.45, 2.75) is 0 Å². The van der Waals surface area contributed by atoms with E-state index in [2.05, 4.69) is 10.3 Å². The van der Waals surface area contributed by atoms with Gasteiger partial charge >= 0.3 is 0 Å². The summed E-state index contributed by atoms with van der Waals surface area (Å²) in [6.07, 6.45) is 3.78. The van der Waals surface area contributed by atoms with Gasteiger partial charge in [-0.25, -0.2) is 4.99 Å². The third-order valence-corrected chi connectivity index (χ3v) is 4.10. The summed E-state index contributed by atoms with van der Waals surface area (Å²) < 4.78 is 1.95. The number of carbonyl (C=O) groups is 1. The molecule has 6 heteroatoms. The fourth-order valence-corrected chi connectivity index (χ4v) is 2.91. The maximum Gasteiger partial charge on any atom is 0.264 e. The van der Waals surface area contributed by atoms with Crippen molar-refractivity contribution in [3.8, 4) is 0 Å². The second-order valence-corrected chi connectivity index (χ2v) is 5.97. The summed E-state index contributed by atoms with van der Waals surface area (Å²) in [6.45, 7) is 0. The highest BCUT2D eigenvalue weighted by Crippen LogP contribution is 2.28. The van der Waals surface area contributed by atoms with Gasteiger partial charge in [-0.05, 0) is 48.2 Å². The van der Waals surface area contributed by atoms with Gasteiger partial charge in [0.05, 0.1) is 10.6 Å². The van der Waals surface area contributed by atoms with Crippen molar-refractivity contribution in [3.05, 3.63) is 58.2 Å². The molecule has 1 aromatic heterocycles. The molecule has 1 amide bonds. The molecular formula is C15H12ClN3OS. The Labute approximate surface area is 131 Å². The molecule has 0 bridgehead atoms. The fraction of sp³-hybridized carbons (Fsp3) is 0.0667. The minimum Gasteiger partial charge on any atom is -0.351 e. The van der Waals surface area contributed by atoms with E-state index in [1.165, 1.54) is 11.8 Å². The zero-order chi connectivity index (χ0) is 14.8. The number of rotatable bonds is 2. The van der Waals surface area contributed by atoms with Crippen LogP contribution in [-0.4, -0.2) is 15.6 Å². The summed E-state index contributed by atoms with van der Waals surface area (Å²) in [4.78, 5) is 17.0. The van der Waals surface area contributed by atoms with E-state index < -0.39 is 0 Å². The van der Waals surface area contributed by atoms with Gasteiger partial charge in [0.25, 0.3) is 5.91 Å². The van der Waals surface area contributed by atoms with Crippen LogP contribution in [0.3, 0.4) is 0 Å². The normalized spacial score (nSPS) is 18.5. The lowest BCUT2D eigenvalue weighted by Crippen LogP contribution is -2.19. The minimum atomic E-state index is -0.137. The Morgan fingerprint density at radius 3 is 2.90 bits per heavy atom. The lowest BCUT2D eigenvalue weighted by Gasteiger charge is -1.97. The largest absolute Gasteiger partial charge is 0.351 e. The van der Waals surface area contributed by atoms with E-state index in [1.54, 1.807) is 12.1 Å². The van der Waals surface area contributed by atoms with Gasteiger partial charge in [0.15, 0.2) is 5.17 Å². The summed E-state index contributed by atoms with van der Waals surface area (Å²) in [6, 6.07) is 11.1. The lowest BCUT2D eigenvalue weighted by atomic mass is 10.3. The van der Waals surface area contributed by atoms with Crippen molar-refractivity contribution in [2.24, 2.45) is 12.0 Å². The Morgan fingerprint density at radius 2 is 2.19 bits per heavy atom. The number of hydrogen-bond acceptors (Lipinski definition) is 3. The van der Waals surface area contributed by atoms with Crippen molar-refractivity contribution in [1.29, 1.82) is 0 Å². The highest BCUT2D eigenvalue weighted by Gasteiger charge is 2.24. The molecule has 1 saturated heterocycles. The predicted octanol–water partition coefficient (Wildman–Crippen LogP) is 3.57. The first-order valence-corrected chi connectivity index (χ1v) is 7.48. The number of thioether (sulfide) groups is 1. The monoisotopic (exact) mass is 317 g/mol. The van der Waals surface area contributed by atoms with E-state index in [9.17, 15) is 4.79 Å². The summed E-state index contributed by atoms with van der Waals surface area (Å²) >= 11 is 7.24. The number of halogens is 1. The average molecular weight is 318 g/mol. The number of nitrogens with zero attached hydrogens (tertiary/aromatic N) is 2. The zero-order valence-electron chi connectivity index (χ0n) is 11.2. The topological polar surface area (TPSA) is 46.4 Å². The van der Waals surface area contributed by atoms with E-state index in [0.29, 0.717) is 20.8 Å². The molecule has 2 aromatic rings. The molecule has 106 valence electrons. The summed E-state index contributed by atoms with van der Waals surface area (Å²) in [7, 11) is 1.94. The molecule has 0 radical (unpaired) electrons. The number of nitrogens with one attached hydrogen (secondary N) is 1. The lowest BCUT2D eigenvalue weighted by molar-refractivity contribution is -0.115. The Kier molecular flexibility index (Phi) is 3.86. The van der Waals surface area contributed by atoms with Gasteiger partial charge in [-0.15, -0.1) is 0 Å². The number of carbonyl (C=O) groups excluding carboxylic acids is 1. The molecule has 1 fully saturated rings. The second kappa shape index (κ2) is 5.79.